The van der Waals surface area contributed by atoms with E-state index in [9.17, 15) is 0 Å². The van der Waals surface area contributed by atoms with E-state index in [1.165, 1.54) is 11.1 Å². The zero-order valence-electron chi connectivity index (χ0n) is 19.9. The molecule has 0 bridgehead atoms. The van der Waals surface area contributed by atoms with Crippen LogP contribution in [0.15, 0.2) is 54.9 Å². The largest absolute Gasteiger partial charge is 0.491 e. The van der Waals surface area contributed by atoms with Crippen LogP contribution in [0.5, 0.6) is 5.75 Å². The van der Waals surface area contributed by atoms with Gasteiger partial charge in [-0.3, -0.25) is 0 Å². The zero-order chi connectivity index (χ0) is 24.4. The van der Waals surface area contributed by atoms with Gasteiger partial charge in [-0.2, -0.15) is 5.10 Å². The number of fused-ring (bicyclic) bond motifs is 1. The second kappa shape index (κ2) is 9.92. The average molecular weight is 490 g/mol. The molecule has 2 aromatic heterocycles. The van der Waals surface area contributed by atoms with Gasteiger partial charge in [-0.25, -0.2) is 19.6 Å². The molecule has 4 aromatic rings. The third-order valence-corrected chi connectivity index (χ3v) is 6.47. The molecule has 0 fully saturated rings. The lowest BCUT2D eigenvalue weighted by Gasteiger charge is -2.22. The number of hydrogen-bond donors (Lipinski definition) is 1. The van der Waals surface area contributed by atoms with Crippen LogP contribution in [0.25, 0.3) is 5.69 Å². The highest BCUT2D eigenvalue weighted by Crippen LogP contribution is 2.40. The van der Waals surface area contributed by atoms with Gasteiger partial charge in [0.15, 0.2) is 0 Å². The van der Waals surface area contributed by atoms with Crippen LogP contribution < -0.4 is 15.4 Å². The van der Waals surface area contributed by atoms with E-state index in [0.29, 0.717) is 23.9 Å². The van der Waals surface area contributed by atoms with Crippen molar-refractivity contribution in [3.8, 4) is 11.4 Å². The molecule has 35 heavy (non-hydrogen) atoms. The minimum atomic E-state index is 0.254. The number of anilines is 2. The normalized spacial score (nSPS) is 14.7. The Kier molecular flexibility index (Phi) is 6.55. The standard InChI is InChI=1S/C26H28ClN7O/c1-17-29-16-34(32-17)22-12-9-19(28)15-23(22)35-14-6-13-33(2)25-21-11-10-20(18-7-4-3-5-8-18)24(21)30-26(27)31-25/h3-5,7-9,12,15-16,20H,6,10-11,13-14,28H2,1-2H3. The van der Waals surface area contributed by atoms with Gasteiger partial charge in [0.1, 0.15) is 29.4 Å². The predicted octanol–water partition coefficient (Wildman–Crippen LogP) is 4.58. The van der Waals surface area contributed by atoms with Crippen molar-refractivity contribution in [1.82, 2.24) is 24.7 Å². The lowest BCUT2D eigenvalue weighted by Crippen LogP contribution is -2.23. The summed E-state index contributed by atoms with van der Waals surface area (Å²) in [6.45, 7) is 3.13. The van der Waals surface area contributed by atoms with Crippen molar-refractivity contribution in [2.24, 2.45) is 0 Å². The highest BCUT2D eigenvalue weighted by Gasteiger charge is 2.30. The van der Waals surface area contributed by atoms with Crippen LogP contribution in [0.2, 0.25) is 5.28 Å². The van der Waals surface area contributed by atoms with E-state index in [4.69, 9.17) is 22.1 Å². The Morgan fingerprint density at radius 1 is 1.17 bits per heavy atom. The first-order valence-corrected chi connectivity index (χ1v) is 12.1. The minimum Gasteiger partial charge on any atom is -0.491 e. The number of nitrogens with two attached hydrogens (primary N) is 1. The van der Waals surface area contributed by atoms with Crippen LogP contribution in [-0.2, 0) is 6.42 Å². The Morgan fingerprint density at radius 3 is 2.77 bits per heavy atom. The van der Waals surface area contributed by atoms with Crippen molar-refractivity contribution in [2.45, 2.75) is 32.1 Å². The van der Waals surface area contributed by atoms with Gasteiger partial charge < -0.3 is 15.4 Å². The molecule has 1 aliphatic rings. The summed E-state index contributed by atoms with van der Waals surface area (Å²) in [7, 11) is 2.04. The van der Waals surface area contributed by atoms with Gasteiger partial charge in [0.05, 0.1) is 12.3 Å². The van der Waals surface area contributed by atoms with Gasteiger partial charge in [-0.05, 0) is 55.5 Å². The summed E-state index contributed by atoms with van der Waals surface area (Å²) < 4.78 is 7.81. The molecular weight excluding hydrogens is 462 g/mol. The van der Waals surface area contributed by atoms with E-state index in [-0.39, 0.29) is 11.2 Å². The quantitative estimate of drug-likeness (QED) is 0.220. The number of nitrogens with zero attached hydrogens (tertiary/aromatic N) is 6. The maximum absolute atomic E-state index is 6.36. The Bertz CT molecular complexity index is 1320. The Hall–Kier alpha value is -3.65. The number of nitrogen functional groups attached to an aromatic ring is 1. The molecule has 0 saturated heterocycles. The first kappa shape index (κ1) is 23.1. The van der Waals surface area contributed by atoms with Crippen molar-refractivity contribution < 1.29 is 4.74 Å². The van der Waals surface area contributed by atoms with Crippen molar-refractivity contribution in [3.63, 3.8) is 0 Å². The summed E-state index contributed by atoms with van der Waals surface area (Å²) in [4.78, 5) is 15.5. The van der Waals surface area contributed by atoms with Gasteiger partial charge in [0.25, 0.3) is 0 Å². The van der Waals surface area contributed by atoms with Crippen LogP contribution in [0.3, 0.4) is 0 Å². The smallest absolute Gasteiger partial charge is 0.224 e. The molecule has 0 radical (unpaired) electrons. The number of aromatic nitrogens is 5. The zero-order valence-corrected chi connectivity index (χ0v) is 20.6. The van der Waals surface area contributed by atoms with Crippen molar-refractivity contribution in [1.29, 1.82) is 0 Å². The second-order valence-electron chi connectivity index (χ2n) is 8.77. The SMILES string of the molecule is Cc1ncn(-c2ccc(N)cc2OCCCN(C)c2nc(Cl)nc3c2CCC3c2ccccc2)n1. The maximum Gasteiger partial charge on any atom is 0.224 e. The Morgan fingerprint density at radius 2 is 2.00 bits per heavy atom. The minimum absolute atomic E-state index is 0.254. The van der Waals surface area contributed by atoms with Gasteiger partial charge in [-0.15, -0.1) is 0 Å². The molecule has 1 aliphatic carbocycles. The highest BCUT2D eigenvalue weighted by atomic mass is 35.5. The molecule has 0 spiro atoms. The fraction of sp³-hybridized carbons (Fsp3) is 0.308. The summed E-state index contributed by atoms with van der Waals surface area (Å²) in [5.41, 5.74) is 10.9. The van der Waals surface area contributed by atoms with Crippen molar-refractivity contribution in [2.75, 3.05) is 30.8 Å². The van der Waals surface area contributed by atoms with Gasteiger partial charge in [0, 0.05) is 36.8 Å². The molecule has 1 atom stereocenters. The molecule has 1 unspecified atom stereocenters. The first-order valence-electron chi connectivity index (χ1n) is 11.7. The molecule has 2 aromatic carbocycles. The third-order valence-electron chi connectivity index (χ3n) is 6.30. The summed E-state index contributed by atoms with van der Waals surface area (Å²) in [6, 6.07) is 16.0. The number of ether oxygens (including phenoxy) is 1. The molecule has 9 heteroatoms. The fourth-order valence-corrected chi connectivity index (χ4v) is 4.80. The van der Waals surface area contributed by atoms with Crippen LogP contribution in [0.4, 0.5) is 11.5 Å². The van der Waals surface area contributed by atoms with Gasteiger partial charge in [0.2, 0.25) is 5.28 Å². The van der Waals surface area contributed by atoms with E-state index < -0.39 is 0 Å². The second-order valence-corrected chi connectivity index (χ2v) is 9.11. The van der Waals surface area contributed by atoms with Crippen LogP contribution in [0, 0.1) is 6.92 Å². The molecule has 2 N–H and O–H groups in total. The third kappa shape index (κ3) is 4.93. The summed E-state index contributed by atoms with van der Waals surface area (Å²) in [5.74, 6) is 2.53. The summed E-state index contributed by atoms with van der Waals surface area (Å²) >= 11 is 6.36. The molecule has 8 nitrogen and oxygen atoms in total. The number of halogens is 1. The lowest BCUT2D eigenvalue weighted by molar-refractivity contribution is 0.311. The topological polar surface area (TPSA) is 95.0 Å². The van der Waals surface area contributed by atoms with Crippen LogP contribution >= 0.6 is 11.6 Å². The molecule has 0 amide bonds. The lowest BCUT2D eigenvalue weighted by atomic mass is 9.97. The Labute approximate surface area is 209 Å². The first-order chi connectivity index (χ1) is 17.0. The molecule has 0 aliphatic heterocycles. The van der Waals surface area contributed by atoms with E-state index in [0.717, 1.165) is 43.0 Å². The van der Waals surface area contributed by atoms with Gasteiger partial charge >= 0.3 is 0 Å². The van der Waals surface area contributed by atoms with Crippen molar-refractivity contribution in [3.05, 3.63) is 82.8 Å². The van der Waals surface area contributed by atoms with E-state index in [1.54, 1.807) is 11.0 Å². The average Bonchev–Trinajstić information content (AvgIpc) is 3.48. The van der Waals surface area contributed by atoms with E-state index in [1.807, 2.05) is 38.2 Å². The van der Waals surface area contributed by atoms with Crippen molar-refractivity contribution >= 4 is 23.1 Å². The number of benzene rings is 2. The number of aryl methyl sites for hydroxylation is 1. The summed E-state index contributed by atoms with van der Waals surface area (Å²) in [6.07, 6.45) is 4.41. The van der Waals surface area contributed by atoms with E-state index in [2.05, 4.69) is 49.2 Å². The molecule has 2 heterocycles. The summed E-state index contributed by atoms with van der Waals surface area (Å²) in [5, 5.41) is 4.68. The molecule has 5 rings (SSSR count). The molecule has 180 valence electrons. The molecular formula is C26H28ClN7O. The predicted molar refractivity (Wildman–Crippen MR) is 138 cm³/mol. The van der Waals surface area contributed by atoms with Gasteiger partial charge in [-0.1, -0.05) is 30.3 Å². The Balaban J connectivity index is 1.26. The van der Waals surface area contributed by atoms with Crippen LogP contribution in [0.1, 0.15) is 41.4 Å². The van der Waals surface area contributed by atoms with E-state index >= 15 is 0 Å². The maximum atomic E-state index is 6.36. The fourth-order valence-electron chi connectivity index (χ4n) is 4.63. The van der Waals surface area contributed by atoms with Crippen LogP contribution in [-0.4, -0.2) is 44.9 Å². The number of hydrogen-bond acceptors (Lipinski definition) is 7. The molecule has 0 saturated carbocycles. The number of rotatable bonds is 8. The monoisotopic (exact) mass is 489 g/mol. The highest BCUT2D eigenvalue weighted by molar-refractivity contribution is 6.28.